The molecule has 0 saturated heterocycles. The van der Waals surface area contributed by atoms with Crippen molar-refractivity contribution in [2.45, 2.75) is 13.8 Å². The van der Waals surface area contributed by atoms with Crippen LogP contribution in [-0.2, 0) is 0 Å². The Hall–Kier alpha value is -0.830. The van der Waals surface area contributed by atoms with E-state index in [9.17, 15) is 0 Å². The van der Waals surface area contributed by atoms with E-state index in [0.29, 0.717) is 0 Å². The SMILES string of the molecule is CCSCCOc1c(C)cccc1N. The minimum atomic E-state index is 0.728. The van der Waals surface area contributed by atoms with E-state index in [1.54, 1.807) is 0 Å². The minimum absolute atomic E-state index is 0.728. The molecule has 0 bridgehead atoms. The van der Waals surface area contributed by atoms with Gasteiger partial charge in [-0.3, -0.25) is 0 Å². The van der Waals surface area contributed by atoms with Gasteiger partial charge in [-0.1, -0.05) is 19.1 Å². The van der Waals surface area contributed by atoms with Gasteiger partial charge in [0.1, 0.15) is 5.75 Å². The third-order valence-electron chi connectivity index (χ3n) is 1.92. The van der Waals surface area contributed by atoms with Crippen molar-refractivity contribution in [2.24, 2.45) is 0 Å². The summed E-state index contributed by atoms with van der Waals surface area (Å²) in [5, 5.41) is 0. The van der Waals surface area contributed by atoms with Crippen molar-refractivity contribution in [3.63, 3.8) is 0 Å². The summed E-state index contributed by atoms with van der Waals surface area (Å²) in [5.74, 6) is 2.99. The average molecular weight is 211 g/mol. The number of anilines is 1. The van der Waals surface area contributed by atoms with Crippen LogP contribution in [0, 0.1) is 6.92 Å². The van der Waals surface area contributed by atoms with Crippen molar-refractivity contribution in [1.82, 2.24) is 0 Å². The van der Waals surface area contributed by atoms with E-state index < -0.39 is 0 Å². The molecule has 0 atom stereocenters. The Balaban J connectivity index is 2.49. The fourth-order valence-corrected chi connectivity index (χ4v) is 1.71. The topological polar surface area (TPSA) is 35.2 Å². The highest BCUT2D eigenvalue weighted by molar-refractivity contribution is 7.99. The quantitative estimate of drug-likeness (QED) is 0.601. The van der Waals surface area contributed by atoms with Crippen LogP contribution in [0.3, 0.4) is 0 Å². The lowest BCUT2D eigenvalue weighted by Crippen LogP contribution is -2.04. The van der Waals surface area contributed by atoms with Crippen LogP contribution >= 0.6 is 11.8 Å². The van der Waals surface area contributed by atoms with Gasteiger partial charge in [0.05, 0.1) is 12.3 Å². The van der Waals surface area contributed by atoms with Crippen molar-refractivity contribution in [2.75, 3.05) is 23.8 Å². The van der Waals surface area contributed by atoms with E-state index in [1.165, 1.54) is 0 Å². The lowest BCUT2D eigenvalue weighted by molar-refractivity contribution is 0.343. The lowest BCUT2D eigenvalue weighted by atomic mass is 10.2. The molecule has 14 heavy (non-hydrogen) atoms. The second-order valence-corrected chi connectivity index (χ2v) is 4.43. The number of benzene rings is 1. The first-order valence-corrected chi connectivity index (χ1v) is 5.96. The van der Waals surface area contributed by atoms with Crippen LogP contribution in [0.15, 0.2) is 18.2 Å². The number of nitrogens with two attached hydrogens (primary N) is 1. The van der Waals surface area contributed by atoms with E-state index in [4.69, 9.17) is 10.5 Å². The Morgan fingerprint density at radius 3 is 2.86 bits per heavy atom. The van der Waals surface area contributed by atoms with Gasteiger partial charge in [0.2, 0.25) is 0 Å². The first kappa shape index (κ1) is 11.2. The molecule has 1 aromatic rings. The molecule has 1 rings (SSSR count). The number of hydrogen-bond donors (Lipinski definition) is 1. The molecular formula is C11H17NOS. The molecule has 0 spiro atoms. The standard InChI is InChI=1S/C11H17NOS/c1-3-14-8-7-13-11-9(2)5-4-6-10(11)12/h4-6H,3,7-8,12H2,1-2H3. The monoisotopic (exact) mass is 211 g/mol. The third kappa shape index (κ3) is 3.14. The van der Waals surface area contributed by atoms with Gasteiger partial charge in [-0.15, -0.1) is 0 Å². The van der Waals surface area contributed by atoms with Crippen molar-refractivity contribution in [3.8, 4) is 5.75 Å². The predicted octanol–water partition coefficient (Wildman–Crippen LogP) is 2.71. The van der Waals surface area contributed by atoms with E-state index in [2.05, 4.69) is 6.92 Å². The summed E-state index contributed by atoms with van der Waals surface area (Å²) in [4.78, 5) is 0. The van der Waals surface area contributed by atoms with Gasteiger partial charge < -0.3 is 10.5 Å². The molecule has 2 N–H and O–H groups in total. The van der Waals surface area contributed by atoms with Gasteiger partial charge >= 0.3 is 0 Å². The second kappa shape index (κ2) is 5.81. The molecule has 0 radical (unpaired) electrons. The first-order chi connectivity index (χ1) is 6.75. The Morgan fingerprint density at radius 2 is 2.21 bits per heavy atom. The zero-order valence-corrected chi connectivity index (χ0v) is 9.56. The molecule has 0 aliphatic heterocycles. The summed E-state index contributed by atoms with van der Waals surface area (Å²) in [6.07, 6.45) is 0. The summed E-state index contributed by atoms with van der Waals surface area (Å²) in [6, 6.07) is 5.83. The highest BCUT2D eigenvalue weighted by Crippen LogP contribution is 2.25. The van der Waals surface area contributed by atoms with Crippen molar-refractivity contribution in [3.05, 3.63) is 23.8 Å². The van der Waals surface area contributed by atoms with Crippen molar-refractivity contribution in [1.29, 1.82) is 0 Å². The van der Waals surface area contributed by atoms with Crippen LogP contribution in [0.4, 0.5) is 5.69 Å². The number of rotatable bonds is 5. The minimum Gasteiger partial charge on any atom is -0.490 e. The molecule has 3 heteroatoms. The van der Waals surface area contributed by atoms with Crippen molar-refractivity contribution >= 4 is 17.4 Å². The Morgan fingerprint density at radius 1 is 1.43 bits per heavy atom. The molecule has 0 amide bonds. The van der Waals surface area contributed by atoms with Gasteiger partial charge in [-0.25, -0.2) is 0 Å². The summed E-state index contributed by atoms with van der Waals surface area (Å²) in [7, 11) is 0. The summed E-state index contributed by atoms with van der Waals surface area (Å²) in [5.41, 5.74) is 7.64. The molecule has 0 heterocycles. The molecule has 78 valence electrons. The number of thioether (sulfide) groups is 1. The fraction of sp³-hybridized carbons (Fsp3) is 0.455. The normalized spacial score (nSPS) is 10.1. The number of nitrogen functional groups attached to an aromatic ring is 1. The highest BCUT2D eigenvalue weighted by atomic mass is 32.2. The van der Waals surface area contributed by atoms with Gasteiger partial charge in [0.15, 0.2) is 0 Å². The molecular weight excluding hydrogens is 194 g/mol. The Bertz CT molecular complexity index is 268. The summed E-state index contributed by atoms with van der Waals surface area (Å²) in [6.45, 7) is 4.89. The number of hydrogen-bond acceptors (Lipinski definition) is 3. The molecule has 0 aliphatic rings. The first-order valence-electron chi connectivity index (χ1n) is 4.81. The van der Waals surface area contributed by atoms with Crippen LogP contribution in [0.2, 0.25) is 0 Å². The van der Waals surface area contributed by atoms with Crippen LogP contribution in [0.1, 0.15) is 12.5 Å². The van der Waals surface area contributed by atoms with Crippen LogP contribution < -0.4 is 10.5 Å². The largest absolute Gasteiger partial charge is 0.490 e. The Labute approximate surface area is 89.8 Å². The average Bonchev–Trinajstić information content (AvgIpc) is 2.16. The number of para-hydroxylation sites is 1. The van der Waals surface area contributed by atoms with Crippen molar-refractivity contribution < 1.29 is 4.74 Å². The zero-order chi connectivity index (χ0) is 10.4. The number of aryl methyl sites for hydroxylation is 1. The van der Waals surface area contributed by atoms with Crippen LogP contribution in [0.5, 0.6) is 5.75 Å². The van der Waals surface area contributed by atoms with Crippen LogP contribution in [0.25, 0.3) is 0 Å². The number of ether oxygens (including phenoxy) is 1. The zero-order valence-electron chi connectivity index (χ0n) is 8.75. The van der Waals surface area contributed by atoms with Gasteiger partial charge in [-0.05, 0) is 24.3 Å². The Kier molecular flexibility index (Phi) is 4.66. The highest BCUT2D eigenvalue weighted by Gasteiger charge is 2.02. The predicted molar refractivity (Wildman–Crippen MR) is 64.1 cm³/mol. The second-order valence-electron chi connectivity index (χ2n) is 3.04. The maximum Gasteiger partial charge on any atom is 0.145 e. The smallest absolute Gasteiger partial charge is 0.145 e. The summed E-state index contributed by atoms with van der Waals surface area (Å²) < 4.78 is 5.62. The third-order valence-corrected chi connectivity index (χ3v) is 2.78. The van der Waals surface area contributed by atoms with E-state index in [-0.39, 0.29) is 0 Å². The molecule has 0 aromatic heterocycles. The maximum atomic E-state index is 5.80. The molecule has 2 nitrogen and oxygen atoms in total. The van der Waals surface area contributed by atoms with Crippen LogP contribution in [-0.4, -0.2) is 18.1 Å². The van der Waals surface area contributed by atoms with Gasteiger partial charge in [0, 0.05) is 5.75 Å². The molecule has 0 unspecified atom stereocenters. The van der Waals surface area contributed by atoms with Gasteiger partial charge in [0.25, 0.3) is 0 Å². The molecule has 1 aromatic carbocycles. The van der Waals surface area contributed by atoms with E-state index in [0.717, 1.165) is 35.1 Å². The van der Waals surface area contributed by atoms with E-state index >= 15 is 0 Å². The maximum absolute atomic E-state index is 5.80. The lowest BCUT2D eigenvalue weighted by Gasteiger charge is -2.10. The van der Waals surface area contributed by atoms with E-state index in [1.807, 2.05) is 36.9 Å². The molecule has 0 saturated carbocycles. The van der Waals surface area contributed by atoms with Gasteiger partial charge in [-0.2, -0.15) is 11.8 Å². The molecule has 0 fully saturated rings. The molecule has 0 aliphatic carbocycles. The summed E-state index contributed by atoms with van der Waals surface area (Å²) >= 11 is 1.87. The fourth-order valence-electron chi connectivity index (χ4n) is 1.22.